The number of alkyl halides is 4. The van der Waals surface area contributed by atoms with Gasteiger partial charge in [0.1, 0.15) is 40.5 Å². The maximum Gasteiger partial charge on any atom is 1.00 e. The van der Waals surface area contributed by atoms with Gasteiger partial charge in [-0.15, -0.1) is 11.3 Å². The maximum absolute atomic E-state index is 13.5. The Bertz CT molecular complexity index is 4850. The van der Waals surface area contributed by atoms with E-state index < -0.39 is 11.8 Å². The predicted octanol–water partition coefficient (Wildman–Crippen LogP) is 15.0. The number of hydrogen-bond acceptors (Lipinski definition) is 20. The number of thiazole rings is 1. The molecule has 0 atom stereocenters. The zero-order valence-corrected chi connectivity index (χ0v) is 68.9. The molecule has 5 aromatic carbocycles. The van der Waals surface area contributed by atoms with Crippen LogP contribution in [-0.4, -0.2) is 151 Å². The van der Waals surface area contributed by atoms with Gasteiger partial charge in [0.15, 0.2) is 0 Å². The summed E-state index contributed by atoms with van der Waals surface area (Å²) in [5.74, 6) is 0.649. The number of ether oxygens (including phenoxy) is 3. The molecule has 21 nitrogen and oxygen atoms in total. The second-order valence-corrected chi connectivity index (χ2v) is 29.0. The minimum Gasteiger partial charge on any atom is -0.796 e. The molecule has 0 bridgehead atoms. The summed E-state index contributed by atoms with van der Waals surface area (Å²) in [4.78, 5) is 40.7. The summed E-state index contributed by atoms with van der Waals surface area (Å²) < 4.78 is 74.6. The molecule has 1 amide bonds. The fraction of sp³-hybridized carbons (Fsp3) is 0.380. The molecule has 0 spiro atoms. The van der Waals surface area contributed by atoms with Gasteiger partial charge in [0.2, 0.25) is 17.8 Å². The van der Waals surface area contributed by atoms with Gasteiger partial charge in [-0.3, -0.25) is 4.79 Å². The summed E-state index contributed by atoms with van der Waals surface area (Å²) in [6.45, 7) is 23.7. The van der Waals surface area contributed by atoms with Crippen LogP contribution in [-0.2, 0) is 39.7 Å². The first-order valence-corrected chi connectivity index (χ1v) is 38.4. The van der Waals surface area contributed by atoms with Crippen molar-refractivity contribution in [1.82, 2.24) is 44.5 Å². The van der Waals surface area contributed by atoms with Crippen LogP contribution in [0.15, 0.2) is 151 Å². The molecule has 2 saturated carbocycles. The summed E-state index contributed by atoms with van der Waals surface area (Å²) in [5, 5.41) is 35.6. The second-order valence-electron chi connectivity index (χ2n) is 26.5. The molecule has 10 aromatic rings. The van der Waals surface area contributed by atoms with Crippen LogP contribution in [0.3, 0.4) is 0 Å². The van der Waals surface area contributed by atoms with Gasteiger partial charge in [-0.2, -0.15) is 36.4 Å². The molecule has 5 aliphatic heterocycles. The van der Waals surface area contributed by atoms with Crippen molar-refractivity contribution < 1.29 is 93.2 Å². The van der Waals surface area contributed by atoms with Gasteiger partial charge in [-0.25, -0.2) is 31.9 Å². The number of benzene rings is 5. The van der Waals surface area contributed by atoms with Gasteiger partial charge in [-0.1, -0.05) is 109 Å². The number of amides is 1. The van der Waals surface area contributed by atoms with E-state index in [-0.39, 0.29) is 102 Å². The minimum absolute atomic E-state index is 0. The molecule has 2 aliphatic carbocycles. The number of carbonyl (C=O) groups excluding carboxylic acids is 1. The number of likely N-dealkylation sites (N-methyl/N-ethyl adjacent to an activating group) is 1. The number of para-hydroxylation sites is 1. The molecule has 31 heteroatoms. The molecule has 2 saturated heterocycles. The number of aryl methyl sites for hydroxylation is 4. The van der Waals surface area contributed by atoms with E-state index in [9.17, 15) is 22.4 Å². The van der Waals surface area contributed by atoms with Gasteiger partial charge >= 0.3 is 51.4 Å². The normalized spacial score (nSPS) is 17.0. The van der Waals surface area contributed by atoms with E-state index in [0.717, 1.165) is 112 Å². The average Bonchev–Trinajstić information content (AvgIpc) is 1.60. The Morgan fingerprint density at radius 3 is 1.86 bits per heavy atom. The van der Waals surface area contributed by atoms with Gasteiger partial charge in [0, 0.05) is 128 Å². The topological polar surface area (TPSA) is 223 Å². The molecule has 10 heterocycles. The van der Waals surface area contributed by atoms with Crippen LogP contribution in [0.2, 0.25) is 15.1 Å². The number of morpholine rings is 2. The van der Waals surface area contributed by atoms with Crippen molar-refractivity contribution in [3.8, 4) is 17.6 Å². The number of hydrogen-bond donors (Lipinski definition) is 4. The van der Waals surface area contributed by atoms with Crippen LogP contribution < -0.4 is 86.8 Å². The van der Waals surface area contributed by atoms with E-state index in [1.54, 1.807) is 39.1 Å². The molecule has 4 N–H and O–H groups in total. The minimum atomic E-state index is -2.54. The number of anilines is 6. The first-order chi connectivity index (χ1) is 51.9. The quantitative estimate of drug-likeness (QED) is 0.0347. The summed E-state index contributed by atoms with van der Waals surface area (Å²) in [5.41, 5.74) is 9.46. The van der Waals surface area contributed by atoms with Crippen molar-refractivity contribution in [2.75, 3.05) is 96.1 Å². The van der Waals surface area contributed by atoms with Crippen LogP contribution >= 0.6 is 46.1 Å². The van der Waals surface area contributed by atoms with Crippen molar-refractivity contribution in [3.63, 3.8) is 0 Å². The molecule has 110 heavy (non-hydrogen) atoms. The van der Waals surface area contributed by atoms with Crippen molar-refractivity contribution in [2.24, 2.45) is 5.16 Å². The van der Waals surface area contributed by atoms with Gasteiger partial charge < -0.3 is 62.7 Å². The Labute approximate surface area is 706 Å². The SMILES string of the molecule is C.C=C1Cc2cc(Cl)ccc2O1.C=C1Nc2c(ccc(Cl)c2Cl)/C1=N\O.CCN1C(=O)Cc2ccccc21.C[S-].Cc1cc(C)n(-c2nc(NC3CCC(F)(F)CC3)cc(N3CCOCC3)n2)n1.Cc1ccn(-c2nc(NC3CCC(F)(F)CC3)cc(N3CCOCC3)n2)n1.Cc1nc2c(ccc3ccccc32)s1.[K+]. The smallest absolute Gasteiger partial charge is 0.796 e. The number of nitrogens with one attached hydrogen (secondary N) is 3. The third-order valence-electron chi connectivity index (χ3n) is 18.6. The number of fused-ring (bicyclic) bond motifs is 6. The van der Waals surface area contributed by atoms with Crippen molar-refractivity contribution >= 4 is 126 Å². The largest absolute Gasteiger partial charge is 1.00 e. The van der Waals surface area contributed by atoms with Gasteiger partial charge in [-0.05, 0) is 126 Å². The molecule has 5 aromatic heterocycles. The van der Waals surface area contributed by atoms with Crippen LogP contribution in [0.5, 0.6) is 5.75 Å². The van der Waals surface area contributed by atoms with E-state index in [1.807, 2.05) is 106 Å². The standard InChI is InChI=1S/C19H26F2N6O.C18H24F2N6O.C12H9NS.C10H11NO.C9H6Cl2N2O.C9H7ClO.CH4S.CH4.K/c1-13-11-14(2)27(25-13)18-23-16(22-15-3-5-19(20,21)6-4-15)12-17(24-18)26-7-9-28-10-8-26;1-13-4-7-26(24-13)17-22-15(21-14-2-5-18(19,20)6-3-14)12-16(23-17)25-8-10-27-11-9-25;1-8-13-12-10-5-3-2-4-9(10)6-7-11(12)14-8;1-2-11-9-6-4-3-5-8(9)7-10(11)12;1-4-8(13-14)5-2-3-6(10)7(11)9(5)12-4;1-6-4-7-5-8(10)2-3-9(7)11-6;1-2;;/h11-12,15H,3-10H2,1-2H3,(H,22,23,24);4,7,12,14H,2-3,5-6,8-11H2,1H3,(H,21,22,23);2-7H,1H3;3-6H,2,7H2,1H3;2-3,12,14H,1H2;2-3,5H,1,4H2;2H,1H3;1H4;/q;;;;;;;;+1/p-1/b;;;;13-8-;;;;. The number of allylic oxidation sites excluding steroid dienone is 2. The molecule has 0 radical (unpaired) electrons. The Morgan fingerprint density at radius 2 is 1.28 bits per heavy atom. The number of aromatic nitrogens is 9. The number of rotatable bonds is 9. The van der Waals surface area contributed by atoms with Crippen LogP contribution in [0.4, 0.5) is 52.2 Å². The van der Waals surface area contributed by atoms with Crippen molar-refractivity contribution in [1.29, 1.82) is 0 Å². The maximum atomic E-state index is 13.5. The second kappa shape index (κ2) is 39.8. The fourth-order valence-electron chi connectivity index (χ4n) is 13.2. The molecule has 578 valence electrons. The third kappa shape index (κ3) is 22.5. The average molecular weight is 1630 g/mol. The Morgan fingerprint density at radius 1 is 0.691 bits per heavy atom. The monoisotopic (exact) mass is 1630 g/mol. The Hall–Kier alpha value is -7.45. The van der Waals surface area contributed by atoms with E-state index in [4.69, 9.17) is 59.2 Å². The van der Waals surface area contributed by atoms with E-state index >= 15 is 0 Å². The fourth-order valence-corrected chi connectivity index (χ4v) is 14.6. The molecule has 17 rings (SSSR count). The molecule has 7 aliphatic rings. The first kappa shape index (κ1) is 86.5. The summed E-state index contributed by atoms with van der Waals surface area (Å²) >= 11 is 23.4. The Balaban J connectivity index is 0.000000156. The summed E-state index contributed by atoms with van der Waals surface area (Å²) in [6.07, 6.45) is 6.14. The number of carbonyl (C=O) groups is 1. The molecular weight excluding hydrogens is 1540 g/mol. The number of halogens is 7. The van der Waals surface area contributed by atoms with E-state index in [1.165, 1.54) is 15.5 Å². The molecular formula is C79H90Cl3F4KN16O5S2. The molecule has 4 fully saturated rings. The van der Waals surface area contributed by atoms with Crippen LogP contribution in [0, 0.1) is 27.7 Å². The molecule has 0 unspecified atom stereocenters. The summed E-state index contributed by atoms with van der Waals surface area (Å²) in [6, 6.07) is 37.3. The van der Waals surface area contributed by atoms with Crippen molar-refractivity contribution in [3.05, 3.63) is 200 Å². The van der Waals surface area contributed by atoms with Crippen LogP contribution in [0.1, 0.15) is 104 Å². The van der Waals surface area contributed by atoms with E-state index in [0.29, 0.717) is 115 Å². The zero-order chi connectivity index (χ0) is 76.8. The predicted molar refractivity (Wildman–Crippen MR) is 433 cm³/mol. The van der Waals surface area contributed by atoms with Gasteiger partial charge in [0.25, 0.3) is 11.9 Å². The number of oxime groups is 1. The van der Waals surface area contributed by atoms with E-state index in [2.05, 4.69) is 130 Å². The van der Waals surface area contributed by atoms with Crippen molar-refractivity contribution in [2.45, 2.75) is 130 Å². The zero-order valence-electron chi connectivity index (χ0n) is 61.9. The van der Waals surface area contributed by atoms with Crippen LogP contribution in [0.25, 0.3) is 32.9 Å². The Kier molecular flexibility index (Phi) is 31.3. The number of nitrogens with zero attached hydrogens (tertiary/aromatic N) is 13. The third-order valence-corrected chi connectivity index (χ3v) is 20.6. The van der Waals surface area contributed by atoms with Gasteiger partial charge in [0.05, 0.1) is 80.9 Å². The summed E-state index contributed by atoms with van der Waals surface area (Å²) in [7, 11) is 0. The first-order valence-electron chi connectivity index (χ1n) is 35.6.